The Balaban J connectivity index is 1.58. The maximum atomic E-state index is 4.71. The van der Waals surface area contributed by atoms with Gasteiger partial charge in [0.2, 0.25) is 0 Å². The summed E-state index contributed by atoms with van der Waals surface area (Å²) in [6.45, 7) is 9.01. The van der Waals surface area contributed by atoms with Crippen molar-refractivity contribution in [1.29, 1.82) is 0 Å². The second kappa shape index (κ2) is 6.27. The molecular weight excluding hydrogens is 248 g/mol. The highest BCUT2D eigenvalue weighted by molar-refractivity contribution is 5.00. The van der Waals surface area contributed by atoms with Crippen LogP contribution in [0.3, 0.4) is 0 Å². The van der Waals surface area contributed by atoms with Crippen LogP contribution in [0.15, 0.2) is 12.3 Å². The summed E-state index contributed by atoms with van der Waals surface area (Å²) in [4.78, 5) is 2.62. The first-order valence-electron chi connectivity index (χ1n) is 8.20. The molecule has 2 heterocycles. The van der Waals surface area contributed by atoms with Crippen molar-refractivity contribution in [3.8, 4) is 0 Å². The van der Waals surface area contributed by atoms with Gasteiger partial charge in [-0.3, -0.25) is 9.58 Å². The lowest BCUT2D eigenvalue weighted by Gasteiger charge is -2.25. The molecule has 0 spiro atoms. The van der Waals surface area contributed by atoms with Gasteiger partial charge in [-0.2, -0.15) is 5.10 Å². The van der Waals surface area contributed by atoms with Crippen LogP contribution in [0.25, 0.3) is 0 Å². The second-order valence-corrected chi connectivity index (χ2v) is 6.81. The molecular formula is C16H28N4. The fraction of sp³-hybridized carbons (Fsp3) is 0.812. The van der Waals surface area contributed by atoms with E-state index in [0.29, 0.717) is 12.1 Å². The molecule has 4 nitrogen and oxygen atoms in total. The predicted octanol–water partition coefficient (Wildman–Crippen LogP) is 2.43. The van der Waals surface area contributed by atoms with E-state index >= 15 is 0 Å². The molecule has 1 saturated heterocycles. The van der Waals surface area contributed by atoms with Crippen LogP contribution in [0, 0.1) is 5.92 Å². The van der Waals surface area contributed by atoms with E-state index in [1.807, 2.05) is 0 Å². The van der Waals surface area contributed by atoms with Crippen molar-refractivity contribution in [2.75, 3.05) is 19.6 Å². The summed E-state index contributed by atoms with van der Waals surface area (Å²) >= 11 is 0. The zero-order valence-corrected chi connectivity index (χ0v) is 12.9. The van der Waals surface area contributed by atoms with Crippen LogP contribution in [0.1, 0.15) is 51.3 Å². The molecule has 3 rings (SSSR count). The highest BCUT2D eigenvalue weighted by Crippen LogP contribution is 2.30. The lowest BCUT2D eigenvalue weighted by atomic mass is 10.2. The molecule has 1 atom stereocenters. The van der Waals surface area contributed by atoms with Crippen molar-refractivity contribution >= 4 is 0 Å². The molecule has 0 bridgehead atoms. The van der Waals surface area contributed by atoms with Crippen LogP contribution >= 0.6 is 0 Å². The van der Waals surface area contributed by atoms with E-state index in [1.54, 1.807) is 0 Å². The Morgan fingerprint density at radius 1 is 1.35 bits per heavy atom. The van der Waals surface area contributed by atoms with E-state index in [1.165, 1.54) is 51.0 Å². The smallest absolute Gasteiger partial charge is 0.0764 e. The highest BCUT2D eigenvalue weighted by Gasteiger charge is 2.26. The van der Waals surface area contributed by atoms with E-state index in [-0.39, 0.29) is 0 Å². The Morgan fingerprint density at radius 3 is 2.80 bits per heavy atom. The van der Waals surface area contributed by atoms with Gasteiger partial charge in [0.1, 0.15) is 0 Å². The minimum atomic E-state index is 0.456. The molecule has 2 fully saturated rings. The molecule has 20 heavy (non-hydrogen) atoms. The topological polar surface area (TPSA) is 33.1 Å². The van der Waals surface area contributed by atoms with Crippen LogP contribution in [0.2, 0.25) is 0 Å². The van der Waals surface area contributed by atoms with Gasteiger partial charge in [0.05, 0.1) is 5.69 Å². The van der Waals surface area contributed by atoms with Crippen molar-refractivity contribution in [1.82, 2.24) is 20.0 Å². The molecule has 1 unspecified atom stereocenters. The third kappa shape index (κ3) is 3.83. The van der Waals surface area contributed by atoms with Gasteiger partial charge < -0.3 is 5.32 Å². The summed E-state index contributed by atoms with van der Waals surface area (Å²) in [7, 11) is 0. The molecule has 1 N–H and O–H groups in total. The van der Waals surface area contributed by atoms with E-state index < -0.39 is 0 Å². The standard InChI is InChI=1S/C16H28N4/c1-13(2)20-9-7-16(18-20)12-19(10-14-5-6-14)11-15-4-3-8-17-15/h7,9,13-15,17H,3-6,8,10-12H2,1-2H3. The lowest BCUT2D eigenvalue weighted by molar-refractivity contribution is 0.228. The van der Waals surface area contributed by atoms with Crippen LogP contribution in [0.4, 0.5) is 0 Å². The first-order chi connectivity index (χ1) is 9.70. The van der Waals surface area contributed by atoms with E-state index in [9.17, 15) is 0 Å². The Morgan fingerprint density at radius 2 is 2.20 bits per heavy atom. The molecule has 4 heteroatoms. The molecule has 0 amide bonds. The molecule has 1 aliphatic carbocycles. The Hall–Kier alpha value is -0.870. The van der Waals surface area contributed by atoms with Crippen molar-refractivity contribution in [3.05, 3.63) is 18.0 Å². The van der Waals surface area contributed by atoms with E-state index in [2.05, 4.69) is 41.0 Å². The third-order valence-corrected chi connectivity index (χ3v) is 4.43. The average molecular weight is 276 g/mol. The lowest BCUT2D eigenvalue weighted by Crippen LogP contribution is -2.38. The fourth-order valence-corrected chi connectivity index (χ4v) is 3.07. The van der Waals surface area contributed by atoms with Gasteiger partial charge in [-0.1, -0.05) is 0 Å². The minimum absolute atomic E-state index is 0.456. The predicted molar refractivity (Wildman–Crippen MR) is 81.6 cm³/mol. The number of rotatable bonds is 7. The molecule has 112 valence electrons. The largest absolute Gasteiger partial charge is 0.313 e. The summed E-state index contributed by atoms with van der Waals surface area (Å²) in [5.41, 5.74) is 1.22. The maximum absolute atomic E-state index is 4.71. The molecule has 0 aromatic carbocycles. The number of hydrogen-bond donors (Lipinski definition) is 1. The second-order valence-electron chi connectivity index (χ2n) is 6.81. The van der Waals surface area contributed by atoms with Crippen molar-refractivity contribution in [3.63, 3.8) is 0 Å². The summed E-state index contributed by atoms with van der Waals surface area (Å²) in [5.74, 6) is 0.948. The highest BCUT2D eigenvalue weighted by atomic mass is 15.3. The first kappa shape index (κ1) is 14.1. The van der Waals surface area contributed by atoms with Crippen molar-refractivity contribution in [2.24, 2.45) is 5.92 Å². The van der Waals surface area contributed by atoms with Gasteiger partial charge in [-0.15, -0.1) is 0 Å². The SMILES string of the molecule is CC(C)n1ccc(CN(CC2CC2)CC2CCCN2)n1. The van der Waals surface area contributed by atoms with Crippen LogP contribution in [-0.2, 0) is 6.54 Å². The summed E-state index contributed by atoms with van der Waals surface area (Å²) in [5, 5.41) is 8.33. The Labute approximate surface area is 122 Å². The summed E-state index contributed by atoms with van der Waals surface area (Å²) in [6, 6.07) is 3.33. The summed E-state index contributed by atoms with van der Waals surface area (Å²) < 4.78 is 2.07. The average Bonchev–Trinajstić information content (AvgIpc) is 2.91. The van der Waals surface area contributed by atoms with E-state index in [4.69, 9.17) is 5.10 Å². The maximum Gasteiger partial charge on any atom is 0.0764 e. The monoisotopic (exact) mass is 276 g/mol. The van der Waals surface area contributed by atoms with Crippen LogP contribution < -0.4 is 5.32 Å². The summed E-state index contributed by atoms with van der Waals surface area (Å²) in [6.07, 6.45) is 7.64. The zero-order valence-electron chi connectivity index (χ0n) is 12.9. The van der Waals surface area contributed by atoms with Crippen LogP contribution in [-0.4, -0.2) is 40.4 Å². The normalized spacial score (nSPS) is 23.1. The van der Waals surface area contributed by atoms with Crippen LogP contribution in [0.5, 0.6) is 0 Å². The molecule has 2 aliphatic rings. The number of nitrogens with one attached hydrogen (secondary N) is 1. The van der Waals surface area contributed by atoms with Gasteiger partial charge in [0.15, 0.2) is 0 Å². The van der Waals surface area contributed by atoms with Gasteiger partial charge in [-0.25, -0.2) is 0 Å². The third-order valence-electron chi connectivity index (χ3n) is 4.43. The van der Waals surface area contributed by atoms with Gasteiger partial charge in [0, 0.05) is 37.9 Å². The van der Waals surface area contributed by atoms with Gasteiger partial charge in [-0.05, 0) is 58.1 Å². The molecule has 1 aliphatic heterocycles. The number of aromatic nitrogens is 2. The molecule has 1 saturated carbocycles. The van der Waals surface area contributed by atoms with Gasteiger partial charge >= 0.3 is 0 Å². The molecule has 1 aromatic heterocycles. The molecule has 1 aromatic rings. The van der Waals surface area contributed by atoms with Crippen molar-refractivity contribution in [2.45, 2.75) is 58.2 Å². The minimum Gasteiger partial charge on any atom is -0.313 e. The first-order valence-corrected chi connectivity index (χ1v) is 8.20. The Kier molecular flexibility index (Phi) is 4.41. The zero-order chi connectivity index (χ0) is 13.9. The quantitative estimate of drug-likeness (QED) is 0.830. The van der Waals surface area contributed by atoms with Gasteiger partial charge in [0.25, 0.3) is 0 Å². The number of hydrogen-bond acceptors (Lipinski definition) is 3. The van der Waals surface area contributed by atoms with E-state index in [0.717, 1.165) is 12.5 Å². The number of nitrogens with zero attached hydrogens (tertiary/aromatic N) is 3. The Bertz CT molecular complexity index is 416. The molecule has 0 radical (unpaired) electrons. The van der Waals surface area contributed by atoms with Crippen molar-refractivity contribution < 1.29 is 0 Å². The fourth-order valence-electron chi connectivity index (χ4n) is 3.07.